The Morgan fingerprint density at radius 3 is 2.68 bits per heavy atom. The Hall–Kier alpha value is -2.15. The van der Waals surface area contributed by atoms with E-state index in [4.69, 9.17) is 9.84 Å². The van der Waals surface area contributed by atoms with E-state index in [1.54, 1.807) is 0 Å². The van der Waals surface area contributed by atoms with Crippen molar-refractivity contribution >= 4 is 11.9 Å². The number of hydrogen-bond donors (Lipinski definition) is 2. The third-order valence-electron chi connectivity index (χ3n) is 4.90. The van der Waals surface area contributed by atoms with E-state index in [1.165, 1.54) is 32.1 Å². The Labute approximate surface area is 146 Å². The SMILES string of the molecule is COc1ccc(F)cc1C(=O)NC1CC(N(CC(=O)O)CC2CC2)C1. The van der Waals surface area contributed by atoms with Crippen LogP contribution in [0.15, 0.2) is 18.2 Å². The van der Waals surface area contributed by atoms with Crippen LogP contribution in [0, 0.1) is 11.7 Å². The van der Waals surface area contributed by atoms with Crippen LogP contribution in [0.4, 0.5) is 4.39 Å². The standard InChI is InChI=1S/C18H23FN2O4/c1-25-16-5-4-12(19)6-15(16)18(24)20-13-7-14(8-13)21(10-17(22)23)9-11-2-3-11/h4-6,11,13-14H,2-3,7-10H2,1H3,(H,20,24)(H,22,23). The Balaban J connectivity index is 1.54. The molecule has 2 aliphatic rings. The fraction of sp³-hybridized carbons (Fsp3) is 0.556. The lowest BCUT2D eigenvalue weighted by Gasteiger charge is -2.42. The summed E-state index contributed by atoms with van der Waals surface area (Å²) >= 11 is 0. The van der Waals surface area contributed by atoms with Gasteiger partial charge in [-0.1, -0.05) is 0 Å². The van der Waals surface area contributed by atoms with Crippen LogP contribution in [0.1, 0.15) is 36.0 Å². The van der Waals surface area contributed by atoms with Crippen molar-refractivity contribution < 1.29 is 23.8 Å². The summed E-state index contributed by atoms with van der Waals surface area (Å²) in [7, 11) is 1.44. The van der Waals surface area contributed by atoms with Crippen LogP contribution in [0.2, 0.25) is 0 Å². The number of rotatable bonds is 8. The first-order valence-corrected chi connectivity index (χ1v) is 8.56. The van der Waals surface area contributed by atoms with Crippen molar-refractivity contribution in [1.29, 1.82) is 0 Å². The highest BCUT2D eigenvalue weighted by Crippen LogP contribution is 2.34. The summed E-state index contributed by atoms with van der Waals surface area (Å²) in [5, 5.41) is 12.0. The van der Waals surface area contributed by atoms with Crippen molar-refractivity contribution in [2.45, 2.75) is 37.8 Å². The van der Waals surface area contributed by atoms with E-state index in [-0.39, 0.29) is 30.1 Å². The number of ether oxygens (including phenoxy) is 1. The Morgan fingerprint density at radius 1 is 1.36 bits per heavy atom. The maximum atomic E-state index is 13.4. The summed E-state index contributed by atoms with van der Waals surface area (Å²) in [6, 6.07) is 3.99. The van der Waals surface area contributed by atoms with E-state index in [1.807, 2.05) is 4.90 Å². The lowest BCUT2D eigenvalue weighted by Crippen LogP contribution is -2.55. The van der Waals surface area contributed by atoms with Crippen LogP contribution >= 0.6 is 0 Å². The first kappa shape index (κ1) is 17.7. The molecular weight excluding hydrogens is 327 g/mol. The third kappa shape index (κ3) is 4.48. The summed E-state index contributed by atoms with van der Waals surface area (Å²) in [6.07, 6.45) is 3.76. The highest BCUT2D eigenvalue weighted by Gasteiger charge is 2.38. The second-order valence-corrected chi connectivity index (χ2v) is 6.91. The summed E-state index contributed by atoms with van der Waals surface area (Å²) in [5.41, 5.74) is 0.173. The number of amides is 1. The third-order valence-corrected chi connectivity index (χ3v) is 4.90. The fourth-order valence-electron chi connectivity index (χ4n) is 3.27. The molecule has 2 N–H and O–H groups in total. The first-order valence-electron chi connectivity index (χ1n) is 8.56. The Morgan fingerprint density at radius 2 is 2.08 bits per heavy atom. The molecule has 0 bridgehead atoms. The number of carbonyl (C=O) groups is 2. The van der Waals surface area contributed by atoms with Gasteiger partial charge >= 0.3 is 5.97 Å². The van der Waals surface area contributed by atoms with Gasteiger partial charge in [0, 0.05) is 18.6 Å². The summed E-state index contributed by atoms with van der Waals surface area (Å²) < 4.78 is 18.5. The maximum Gasteiger partial charge on any atom is 0.317 e. The molecule has 0 radical (unpaired) electrons. The normalized spacial score (nSPS) is 22.4. The van der Waals surface area contributed by atoms with Crippen LogP contribution in [0.5, 0.6) is 5.75 Å². The molecule has 2 fully saturated rings. The molecule has 136 valence electrons. The zero-order valence-corrected chi connectivity index (χ0v) is 14.2. The van der Waals surface area contributed by atoms with Crippen molar-refractivity contribution in [3.63, 3.8) is 0 Å². The van der Waals surface area contributed by atoms with Crippen LogP contribution in [0.3, 0.4) is 0 Å². The van der Waals surface area contributed by atoms with Crippen molar-refractivity contribution in [3.05, 3.63) is 29.6 Å². The minimum absolute atomic E-state index is 0.0269. The molecule has 2 saturated carbocycles. The molecule has 25 heavy (non-hydrogen) atoms. The second kappa shape index (κ2) is 7.39. The van der Waals surface area contributed by atoms with Gasteiger partial charge in [0.2, 0.25) is 0 Å². The first-order chi connectivity index (χ1) is 12.0. The average molecular weight is 350 g/mol. The predicted octanol–water partition coefficient (Wildman–Crippen LogP) is 1.89. The molecule has 1 amide bonds. The van der Waals surface area contributed by atoms with Crippen LogP contribution in [-0.2, 0) is 4.79 Å². The fourth-order valence-corrected chi connectivity index (χ4v) is 3.27. The topological polar surface area (TPSA) is 78.9 Å². The Kier molecular flexibility index (Phi) is 5.22. The number of carboxylic acid groups (broad SMARTS) is 1. The molecule has 7 heteroatoms. The number of nitrogens with one attached hydrogen (secondary N) is 1. The minimum Gasteiger partial charge on any atom is -0.496 e. The summed E-state index contributed by atoms with van der Waals surface area (Å²) in [6.45, 7) is 0.856. The van der Waals surface area contributed by atoms with E-state index in [9.17, 15) is 14.0 Å². The highest BCUT2D eigenvalue weighted by molar-refractivity contribution is 5.97. The monoisotopic (exact) mass is 350 g/mol. The number of aliphatic carboxylic acids is 1. The molecule has 1 aromatic rings. The maximum absolute atomic E-state index is 13.4. The minimum atomic E-state index is -0.822. The van der Waals surface area contributed by atoms with Crippen LogP contribution in [-0.4, -0.2) is 54.2 Å². The molecule has 0 unspecified atom stereocenters. The van der Waals surface area contributed by atoms with Crippen molar-refractivity contribution in [2.75, 3.05) is 20.2 Å². The van der Waals surface area contributed by atoms with Crippen molar-refractivity contribution in [3.8, 4) is 5.75 Å². The molecule has 0 aromatic heterocycles. The summed E-state index contributed by atoms with van der Waals surface area (Å²) in [5.74, 6) is -0.737. The van der Waals surface area contributed by atoms with E-state index in [0.717, 1.165) is 12.6 Å². The molecule has 0 aliphatic heterocycles. The van der Waals surface area contributed by atoms with Gasteiger partial charge in [0.15, 0.2) is 0 Å². The molecule has 1 aromatic carbocycles. The second-order valence-electron chi connectivity index (χ2n) is 6.91. The van der Waals surface area contributed by atoms with Crippen molar-refractivity contribution in [1.82, 2.24) is 10.2 Å². The average Bonchev–Trinajstić information content (AvgIpc) is 3.33. The van der Waals surface area contributed by atoms with Crippen LogP contribution in [0.25, 0.3) is 0 Å². The molecule has 2 aliphatic carbocycles. The molecule has 0 atom stereocenters. The highest BCUT2D eigenvalue weighted by atomic mass is 19.1. The number of benzene rings is 1. The molecule has 6 nitrogen and oxygen atoms in total. The molecule has 3 rings (SSSR count). The quantitative estimate of drug-likeness (QED) is 0.749. The number of hydrogen-bond acceptors (Lipinski definition) is 4. The van der Waals surface area contributed by atoms with Gasteiger partial charge in [0.25, 0.3) is 5.91 Å². The van der Waals surface area contributed by atoms with E-state index in [0.29, 0.717) is 24.5 Å². The number of methoxy groups -OCH3 is 1. The lowest BCUT2D eigenvalue weighted by atomic mass is 9.85. The molecule has 0 spiro atoms. The largest absolute Gasteiger partial charge is 0.496 e. The molecule has 0 heterocycles. The lowest BCUT2D eigenvalue weighted by molar-refractivity contribution is -0.139. The summed E-state index contributed by atoms with van der Waals surface area (Å²) in [4.78, 5) is 25.4. The van der Waals surface area contributed by atoms with Gasteiger partial charge in [-0.25, -0.2) is 4.39 Å². The smallest absolute Gasteiger partial charge is 0.317 e. The molecular formula is C18H23FN2O4. The van der Waals surface area contributed by atoms with Gasteiger partial charge in [-0.3, -0.25) is 14.5 Å². The van der Waals surface area contributed by atoms with Gasteiger partial charge in [-0.05, 0) is 49.8 Å². The van der Waals surface area contributed by atoms with Gasteiger partial charge < -0.3 is 15.2 Å². The zero-order valence-electron chi connectivity index (χ0n) is 14.2. The van der Waals surface area contributed by atoms with Gasteiger partial charge in [-0.2, -0.15) is 0 Å². The number of carbonyl (C=O) groups excluding carboxylic acids is 1. The number of carboxylic acids is 1. The van der Waals surface area contributed by atoms with Gasteiger partial charge in [0.05, 0.1) is 19.2 Å². The van der Waals surface area contributed by atoms with Gasteiger partial charge in [-0.15, -0.1) is 0 Å². The van der Waals surface area contributed by atoms with Gasteiger partial charge in [0.1, 0.15) is 11.6 Å². The number of nitrogens with zero attached hydrogens (tertiary/aromatic N) is 1. The molecule has 0 saturated heterocycles. The van der Waals surface area contributed by atoms with Crippen molar-refractivity contribution in [2.24, 2.45) is 5.92 Å². The number of halogens is 1. The van der Waals surface area contributed by atoms with E-state index < -0.39 is 11.8 Å². The van der Waals surface area contributed by atoms with E-state index in [2.05, 4.69) is 5.32 Å². The van der Waals surface area contributed by atoms with Crippen LogP contribution < -0.4 is 10.1 Å². The van der Waals surface area contributed by atoms with E-state index >= 15 is 0 Å². The predicted molar refractivity (Wildman–Crippen MR) is 89.2 cm³/mol. The Bertz CT molecular complexity index is 656. The zero-order chi connectivity index (χ0) is 18.0.